The minimum Gasteiger partial charge on any atom is -0.348 e. The number of nitrogens with two attached hydrogens (primary N) is 1. The summed E-state index contributed by atoms with van der Waals surface area (Å²) in [6, 6.07) is 5.57. The molecule has 0 saturated heterocycles. The second-order valence-corrected chi connectivity index (χ2v) is 3.06. The normalized spacial score (nSPS) is 12.8. The summed E-state index contributed by atoms with van der Waals surface area (Å²) in [6.07, 6.45) is 0. The SMILES string of the molecule is NCC#Cc1ccc2c(c1)CNC2=O. The Labute approximate surface area is 82.3 Å². The number of hydrogen-bond donors (Lipinski definition) is 2. The van der Waals surface area contributed by atoms with Gasteiger partial charge < -0.3 is 11.1 Å². The monoisotopic (exact) mass is 186 g/mol. The summed E-state index contributed by atoms with van der Waals surface area (Å²) in [5.41, 5.74) is 7.95. The lowest BCUT2D eigenvalue weighted by Gasteiger charge is -1.95. The third-order valence-electron chi connectivity index (χ3n) is 2.12. The third-order valence-corrected chi connectivity index (χ3v) is 2.12. The molecule has 3 N–H and O–H groups in total. The summed E-state index contributed by atoms with van der Waals surface area (Å²) < 4.78 is 0. The average molecular weight is 186 g/mol. The third kappa shape index (κ3) is 1.48. The zero-order valence-corrected chi connectivity index (χ0v) is 7.63. The molecule has 0 aliphatic carbocycles. The predicted octanol–water partition coefficient (Wildman–Crippen LogP) is 0.240. The van der Waals surface area contributed by atoms with E-state index in [4.69, 9.17) is 5.73 Å². The molecule has 1 aromatic carbocycles. The molecule has 14 heavy (non-hydrogen) atoms. The van der Waals surface area contributed by atoms with Gasteiger partial charge in [-0.2, -0.15) is 0 Å². The van der Waals surface area contributed by atoms with Crippen LogP contribution in [0.2, 0.25) is 0 Å². The summed E-state index contributed by atoms with van der Waals surface area (Å²) in [7, 11) is 0. The number of carbonyl (C=O) groups is 1. The van der Waals surface area contributed by atoms with Gasteiger partial charge in [0.2, 0.25) is 0 Å². The number of rotatable bonds is 0. The average Bonchev–Trinajstić information content (AvgIpc) is 2.57. The predicted molar refractivity (Wildman–Crippen MR) is 53.5 cm³/mol. The van der Waals surface area contributed by atoms with E-state index in [0.717, 1.165) is 16.7 Å². The Balaban J connectivity index is 2.37. The van der Waals surface area contributed by atoms with Gasteiger partial charge in [0, 0.05) is 17.7 Å². The zero-order valence-electron chi connectivity index (χ0n) is 7.63. The maximum Gasteiger partial charge on any atom is 0.251 e. The first kappa shape index (κ1) is 8.79. The van der Waals surface area contributed by atoms with Gasteiger partial charge in [-0.05, 0) is 23.8 Å². The van der Waals surface area contributed by atoms with Crippen molar-refractivity contribution in [2.24, 2.45) is 5.73 Å². The summed E-state index contributed by atoms with van der Waals surface area (Å²) in [5.74, 6) is 5.71. The van der Waals surface area contributed by atoms with Crippen LogP contribution in [-0.2, 0) is 6.54 Å². The Bertz CT molecular complexity index is 440. The lowest BCUT2D eigenvalue weighted by atomic mass is 10.1. The highest BCUT2D eigenvalue weighted by atomic mass is 16.1. The van der Waals surface area contributed by atoms with Crippen LogP contribution in [-0.4, -0.2) is 12.5 Å². The van der Waals surface area contributed by atoms with Crippen molar-refractivity contribution in [2.75, 3.05) is 6.54 Å². The minimum atomic E-state index is -0.00154. The lowest BCUT2D eigenvalue weighted by Crippen LogP contribution is -2.12. The molecule has 0 saturated carbocycles. The van der Waals surface area contributed by atoms with Gasteiger partial charge in [-0.15, -0.1) is 0 Å². The van der Waals surface area contributed by atoms with E-state index in [9.17, 15) is 4.79 Å². The molecule has 70 valence electrons. The molecule has 1 aliphatic rings. The van der Waals surface area contributed by atoms with Crippen LogP contribution in [0.3, 0.4) is 0 Å². The second-order valence-electron chi connectivity index (χ2n) is 3.06. The lowest BCUT2D eigenvalue weighted by molar-refractivity contribution is 0.0966. The molecule has 1 aliphatic heterocycles. The molecule has 2 rings (SSSR count). The quantitative estimate of drug-likeness (QED) is 0.570. The number of fused-ring (bicyclic) bond motifs is 1. The van der Waals surface area contributed by atoms with E-state index < -0.39 is 0 Å². The smallest absolute Gasteiger partial charge is 0.251 e. The van der Waals surface area contributed by atoms with Crippen LogP contribution in [0.25, 0.3) is 0 Å². The highest BCUT2D eigenvalue weighted by Crippen LogP contribution is 2.16. The Morgan fingerprint density at radius 1 is 1.50 bits per heavy atom. The molecule has 0 aromatic heterocycles. The highest BCUT2D eigenvalue weighted by molar-refractivity contribution is 5.98. The topological polar surface area (TPSA) is 55.1 Å². The largest absolute Gasteiger partial charge is 0.348 e. The van der Waals surface area contributed by atoms with Crippen molar-refractivity contribution in [3.8, 4) is 11.8 Å². The number of benzene rings is 1. The Morgan fingerprint density at radius 2 is 2.36 bits per heavy atom. The van der Waals surface area contributed by atoms with E-state index in [1.807, 2.05) is 12.1 Å². The van der Waals surface area contributed by atoms with E-state index in [1.54, 1.807) is 6.07 Å². The zero-order chi connectivity index (χ0) is 9.97. The van der Waals surface area contributed by atoms with Crippen LogP contribution < -0.4 is 11.1 Å². The van der Waals surface area contributed by atoms with E-state index in [2.05, 4.69) is 17.2 Å². The van der Waals surface area contributed by atoms with Crippen molar-refractivity contribution < 1.29 is 4.79 Å². The van der Waals surface area contributed by atoms with E-state index >= 15 is 0 Å². The van der Waals surface area contributed by atoms with Crippen molar-refractivity contribution in [3.63, 3.8) is 0 Å². The fourth-order valence-electron chi connectivity index (χ4n) is 1.46. The van der Waals surface area contributed by atoms with E-state index in [1.165, 1.54) is 0 Å². The Hall–Kier alpha value is -1.79. The molecule has 1 aromatic rings. The van der Waals surface area contributed by atoms with Gasteiger partial charge in [-0.25, -0.2) is 0 Å². The molecule has 0 unspecified atom stereocenters. The van der Waals surface area contributed by atoms with Crippen LogP contribution in [0.1, 0.15) is 21.5 Å². The van der Waals surface area contributed by atoms with Gasteiger partial charge in [0.15, 0.2) is 0 Å². The van der Waals surface area contributed by atoms with Crippen molar-refractivity contribution in [1.82, 2.24) is 5.32 Å². The van der Waals surface area contributed by atoms with Gasteiger partial charge in [0.05, 0.1) is 6.54 Å². The fourth-order valence-corrected chi connectivity index (χ4v) is 1.46. The Morgan fingerprint density at radius 3 is 3.14 bits per heavy atom. The first-order valence-corrected chi connectivity index (χ1v) is 4.41. The first-order valence-electron chi connectivity index (χ1n) is 4.41. The number of carbonyl (C=O) groups excluding carboxylic acids is 1. The van der Waals surface area contributed by atoms with Crippen LogP contribution in [0.15, 0.2) is 18.2 Å². The summed E-state index contributed by atoms with van der Waals surface area (Å²) in [5, 5.41) is 2.76. The molecule has 0 atom stereocenters. The number of nitrogens with one attached hydrogen (secondary N) is 1. The van der Waals surface area contributed by atoms with Gasteiger partial charge in [0.1, 0.15) is 0 Å². The molecule has 1 amide bonds. The molecular formula is C11H10N2O. The molecule has 3 nitrogen and oxygen atoms in total. The minimum absolute atomic E-state index is 0.00154. The van der Waals surface area contributed by atoms with Crippen LogP contribution in [0, 0.1) is 11.8 Å². The van der Waals surface area contributed by atoms with E-state index in [0.29, 0.717) is 13.1 Å². The van der Waals surface area contributed by atoms with Gasteiger partial charge in [-0.3, -0.25) is 4.79 Å². The molecule has 0 spiro atoms. The Kier molecular flexibility index (Phi) is 2.21. The van der Waals surface area contributed by atoms with Gasteiger partial charge >= 0.3 is 0 Å². The first-order chi connectivity index (χ1) is 6.81. The van der Waals surface area contributed by atoms with Gasteiger partial charge in [-0.1, -0.05) is 11.8 Å². The molecule has 1 heterocycles. The maximum absolute atomic E-state index is 11.2. The number of hydrogen-bond acceptors (Lipinski definition) is 2. The summed E-state index contributed by atoms with van der Waals surface area (Å²) >= 11 is 0. The summed E-state index contributed by atoms with van der Waals surface area (Å²) in [4.78, 5) is 11.2. The van der Waals surface area contributed by atoms with Crippen molar-refractivity contribution in [1.29, 1.82) is 0 Å². The van der Waals surface area contributed by atoms with Gasteiger partial charge in [0.25, 0.3) is 5.91 Å². The summed E-state index contributed by atoms with van der Waals surface area (Å²) in [6.45, 7) is 0.959. The molecular weight excluding hydrogens is 176 g/mol. The molecule has 0 radical (unpaired) electrons. The fraction of sp³-hybridized carbons (Fsp3) is 0.182. The number of amides is 1. The van der Waals surface area contributed by atoms with Crippen LogP contribution in [0.5, 0.6) is 0 Å². The molecule has 3 heteroatoms. The standard InChI is InChI=1S/C11H10N2O/c12-5-1-2-8-3-4-10-9(6-8)7-13-11(10)14/h3-4,6H,5,7,12H2,(H,13,14). The van der Waals surface area contributed by atoms with Crippen LogP contribution in [0.4, 0.5) is 0 Å². The molecule has 0 fully saturated rings. The van der Waals surface area contributed by atoms with Crippen molar-refractivity contribution >= 4 is 5.91 Å². The van der Waals surface area contributed by atoms with Crippen molar-refractivity contribution in [2.45, 2.75) is 6.54 Å². The van der Waals surface area contributed by atoms with E-state index in [-0.39, 0.29) is 5.91 Å². The molecule has 0 bridgehead atoms. The van der Waals surface area contributed by atoms with Crippen molar-refractivity contribution in [3.05, 3.63) is 34.9 Å². The van der Waals surface area contributed by atoms with Crippen LogP contribution >= 0.6 is 0 Å². The maximum atomic E-state index is 11.2. The highest BCUT2D eigenvalue weighted by Gasteiger charge is 2.17. The second kappa shape index (κ2) is 3.52.